The van der Waals surface area contributed by atoms with Crippen LogP contribution >= 0.6 is 23.6 Å². The smallest absolute Gasteiger partial charge is 0.341 e. The van der Waals surface area contributed by atoms with Gasteiger partial charge in [0, 0.05) is 17.8 Å². The van der Waals surface area contributed by atoms with Crippen LogP contribution in [0.4, 0.5) is 5.00 Å². The molecule has 0 unspecified atom stereocenters. The average molecular weight is 399 g/mol. The number of esters is 2. The minimum absolute atomic E-state index is 0.240. The van der Waals surface area contributed by atoms with Crippen molar-refractivity contribution in [3.05, 3.63) is 16.0 Å². The fourth-order valence-corrected chi connectivity index (χ4v) is 4.61. The largest absolute Gasteiger partial charge is 0.469 e. The molecule has 1 aliphatic rings. The topological polar surface area (TPSA) is 76.7 Å². The first kappa shape index (κ1) is 20.6. The Kier molecular flexibility index (Phi) is 7.84. The van der Waals surface area contributed by atoms with Gasteiger partial charge >= 0.3 is 11.9 Å². The molecule has 0 saturated carbocycles. The SMILES string of the molecule is CCOC(=O)c1c(NC(=S)NCCCC(=O)OC)sc2c1CC[C@H](C)C2. The summed E-state index contributed by atoms with van der Waals surface area (Å²) >= 11 is 6.92. The van der Waals surface area contributed by atoms with Gasteiger partial charge in [0.15, 0.2) is 5.11 Å². The zero-order valence-corrected chi connectivity index (χ0v) is 17.1. The van der Waals surface area contributed by atoms with Crippen molar-refractivity contribution in [1.82, 2.24) is 5.32 Å². The summed E-state index contributed by atoms with van der Waals surface area (Å²) < 4.78 is 9.86. The lowest BCUT2D eigenvalue weighted by atomic mass is 9.88. The second-order valence-electron chi connectivity index (χ2n) is 6.34. The van der Waals surface area contributed by atoms with E-state index in [9.17, 15) is 9.59 Å². The Morgan fingerprint density at radius 2 is 2.15 bits per heavy atom. The number of nitrogens with one attached hydrogen (secondary N) is 2. The van der Waals surface area contributed by atoms with Gasteiger partial charge in [0.05, 0.1) is 19.3 Å². The molecule has 1 aromatic rings. The van der Waals surface area contributed by atoms with Crippen LogP contribution in [0.3, 0.4) is 0 Å². The van der Waals surface area contributed by atoms with Crippen molar-refractivity contribution < 1.29 is 19.1 Å². The summed E-state index contributed by atoms with van der Waals surface area (Å²) in [4.78, 5) is 24.8. The summed E-state index contributed by atoms with van der Waals surface area (Å²) in [6, 6.07) is 0. The zero-order valence-electron chi connectivity index (χ0n) is 15.5. The molecular formula is C18H26N2O4S2. The third-order valence-electron chi connectivity index (χ3n) is 4.29. The van der Waals surface area contributed by atoms with Crippen molar-refractivity contribution in [1.29, 1.82) is 0 Å². The molecule has 0 amide bonds. The van der Waals surface area contributed by atoms with E-state index in [2.05, 4.69) is 22.3 Å². The van der Waals surface area contributed by atoms with E-state index in [0.29, 0.717) is 42.6 Å². The lowest BCUT2D eigenvalue weighted by Gasteiger charge is -2.18. The first-order valence-corrected chi connectivity index (χ1v) is 10.1. The van der Waals surface area contributed by atoms with Crippen LogP contribution in [-0.2, 0) is 27.1 Å². The lowest BCUT2D eigenvalue weighted by molar-refractivity contribution is -0.140. The van der Waals surface area contributed by atoms with Gasteiger partial charge in [-0.05, 0) is 56.3 Å². The van der Waals surface area contributed by atoms with Crippen molar-refractivity contribution in [3.63, 3.8) is 0 Å². The van der Waals surface area contributed by atoms with Crippen LogP contribution in [0.2, 0.25) is 0 Å². The molecule has 26 heavy (non-hydrogen) atoms. The Hall–Kier alpha value is -1.67. The Morgan fingerprint density at radius 3 is 2.85 bits per heavy atom. The standard InChI is InChI=1S/C18H26N2O4S2/c1-4-24-17(22)15-12-8-7-11(2)10-13(12)26-16(15)20-18(25)19-9-5-6-14(21)23-3/h11H,4-10H2,1-3H3,(H2,19,20,25)/t11-/m0/s1. The van der Waals surface area contributed by atoms with Gasteiger partial charge in [0.1, 0.15) is 5.00 Å². The van der Waals surface area contributed by atoms with E-state index >= 15 is 0 Å². The molecule has 0 bridgehead atoms. The van der Waals surface area contributed by atoms with Crippen molar-refractivity contribution >= 4 is 45.6 Å². The van der Waals surface area contributed by atoms with Gasteiger partial charge in [-0.25, -0.2) is 4.79 Å². The average Bonchev–Trinajstić information content (AvgIpc) is 2.95. The molecule has 2 N–H and O–H groups in total. The fourth-order valence-electron chi connectivity index (χ4n) is 2.94. The minimum atomic E-state index is -0.296. The maximum atomic E-state index is 12.5. The van der Waals surface area contributed by atoms with E-state index in [0.717, 1.165) is 29.8 Å². The molecule has 0 aliphatic heterocycles. The molecule has 0 spiro atoms. The number of fused-ring (bicyclic) bond motifs is 1. The third-order valence-corrected chi connectivity index (χ3v) is 5.71. The Labute approximate surface area is 163 Å². The molecule has 2 rings (SSSR count). The van der Waals surface area contributed by atoms with Crippen molar-refractivity contribution in [2.24, 2.45) is 5.92 Å². The van der Waals surface area contributed by atoms with Gasteiger partial charge in [0.25, 0.3) is 0 Å². The van der Waals surface area contributed by atoms with E-state index in [-0.39, 0.29) is 11.9 Å². The highest BCUT2D eigenvalue weighted by Crippen LogP contribution is 2.40. The first-order chi connectivity index (χ1) is 12.5. The normalized spacial score (nSPS) is 15.7. The molecule has 0 saturated heterocycles. The summed E-state index contributed by atoms with van der Waals surface area (Å²) in [6.07, 6.45) is 3.91. The number of thiocarbonyl (C=S) groups is 1. The molecule has 8 heteroatoms. The third kappa shape index (κ3) is 5.41. The number of hydrogen-bond donors (Lipinski definition) is 2. The summed E-state index contributed by atoms with van der Waals surface area (Å²) in [6.45, 7) is 4.93. The second-order valence-corrected chi connectivity index (χ2v) is 7.85. The number of rotatable bonds is 7. The highest BCUT2D eigenvalue weighted by atomic mass is 32.1. The van der Waals surface area contributed by atoms with Crippen LogP contribution in [0, 0.1) is 5.92 Å². The Balaban J connectivity index is 2.04. The Bertz CT molecular complexity index is 672. The van der Waals surface area contributed by atoms with Crippen molar-refractivity contribution in [2.75, 3.05) is 25.6 Å². The Morgan fingerprint density at radius 1 is 1.38 bits per heavy atom. The van der Waals surface area contributed by atoms with Gasteiger partial charge in [-0.2, -0.15) is 0 Å². The van der Waals surface area contributed by atoms with Gasteiger partial charge in [0.2, 0.25) is 0 Å². The summed E-state index contributed by atoms with van der Waals surface area (Å²) in [5.74, 6) is 0.0818. The number of ether oxygens (including phenoxy) is 2. The monoisotopic (exact) mass is 398 g/mol. The molecule has 0 aromatic carbocycles. The zero-order chi connectivity index (χ0) is 19.1. The van der Waals surface area contributed by atoms with Crippen LogP contribution in [0.5, 0.6) is 0 Å². The molecular weight excluding hydrogens is 372 g/mol. The van der Waals surface area contributed by atoms with Crippen molar-refractivity contribution in [3.8, 4) is 0 Å². The molecule has 6 nitrogen and oxygen atoms in total. The van der Waals surface area contributed by atoms with Crippen LogP contribution in [0.25, 0.3) is 0 Å². The molecule has 144 valence electrons. The quantitative estimate of drug-likeness (QED) is 0.415. The molecule has 0 radical (unpaired) electrons. The van der Waals surface area contributed by atoms with E-state index < -0.39 is 0 Å². The number of anilines is 1. The maximum Gasteiger partial charge on any atom is 0.341 e. The van der Waals surface area contributed by atoms with Gasteiger partial charge < -0.3 is 20.1 Å². The molecule has 0 fully saturated rings. The van der Waals surface area contributed by atoms with E-state index in [4.69, 9.17) is 17.0 Å². The number of carbonyl (C=O) groups excluding carboxylic acids is 2. The predicted octanol–water partition coefficient (Wildman–Crippen LogP) is 3.29. The summed E-state index contributed by atoms with van der Waals surface area (Å²) in [5, 5.41) is 7.39. The highest BCUT2D eigenvalue weighted by molar-refractivity contribution is 7.80. The van der Waals surface area contributed by atoms with E-state index in [1.807, 2.05) is 0 Å². The first-order valence-electron chi connectivity index (χ1n) is 8.89. The molecule has 1 aromatic heterocycles. The summed E-state index contributed by atoms with van der Waals surface area (Å²) in [5.41, 5.74) is 1.72. The van der Waals surface area contributed by atoms with Crippen LogP contribution in [0.15, 0.2) is 0 Å². The second kappa shape index (κ2) is 9.87. The van der Waals surface area contributed by atoms with Gasteiger partial charge in [-0.15, -0.1) is 11.3 Å². The number of carbonyl (C=O) groups is 2. The van der Waals surface area contributed by atoms with Crippen LogP contribution in [0.1, 0.15) is 53.9 Å². The lowest BCUT2D eigenvalue weighted by Crippen LogP contribution is -2.30. The molecule has 1 heterocycles. The minimum Gasteiger partial charge on any atom is -0.469 e. The molecule has 1 atom stereocenters. The van der Waals surface area contributed by atoms with E-state index in [1.54, 1.807) is 18.3 Å². The maximum absolute atomic E-state index is 12.5. The van der Waals surface area contributed by atoms with Gasteiger partial charge in [-0.3, -0.25) is 4.79 Å². The van der Waals surface area contributed by atoms with Gasteiger partial charge in [-0.1, -0.05) is 6.92 Å². The molecule has 1 aliphatic carbocycles. The predicted molar refractivity (Wildman–Crippen MR) is 107 cm³/mol. The van der Waals surface area contributed by atoms with Crippen LogP contribution in [-0.4, -0.2) is 37.3 Å². The van der Waals surface area contributed by atoms with E-state index in [1.165, 1.54) is 12.0 Å². The summed E-state index contributed by atoms with van der Waals surface area (Å²) in [7, 11) is 1.37. The number of methoxy groups -OCH3 is 1. The van der Waals surface area contributed by atoms with Crippen molar-refractivity contribution in [2.45, 2.75) is 46.0 Å². The fraction of sp³-hybridized carbons (Fsp3) is 0.611. The number of thiophene rings is 1. The highest BCUT2D eigenvalue weighted by Gasteiger charge is 2.28. The number of hydrogen-bond acceptors (Lipinski definition) is 6. The van der Waals surface area contributed by atoms with Crippen LogP contribution < -0.4 is 10.6 Å².